The van der Waals surface area contributed by atoms with Gasteiger partial charge in [0.1, 0.15) is 0 Å². The summed E-state index contributed by atoms with van der Waals surface area (Å²) in [5.41, 5.74) is 0.940. The lowest BCUT2D eigenvalue weighted by Crippen LogP contribution is -2.32. The van der Waals surface area contributed by atoms with E-state index < -0.39 is 23.5 Å². The number of ketones is 1. The largest absolute Gasteiger partial charge is 0.503 e. The van der Waals surface area contributed by atoms with Crippen molar-refractivity contribution in [2.75, 3.05) is 41.1 Å². The van der Waals surface area contributed by atoms with Crippen LogP contribution in [0.5, 0.6) is 17.2 Å². The molecule has 9 heteroatoms. The Morgan fingerprint density at radius 1 is 1.00 bits per heavy atom. The van der Waals surface area contributed by atoms with Crippen LogP contribution in [0.3, 0.4) is 0 Å². The van der Waals surface area contributed by atoms with Crippen molar-refractivity contribution in [3.05, 3.63) is 65.1 Å². The molecular formula is C29H33NO8. The molecule has 38 heavy (non-hydrogen) atoms. The van der Waals surface area contributed by atoms with Gasteiger partial charge in [-0.2, -0.15) is 0 Å². The maximum absolute atomic E-state index is 13.8. The predicted octanol–water partition coefficient (Wildman–Crippen LogP) is 5.24. The van der Waals surface area contributed by atoms with E-state index in [1.165, 1.54) is 19.1 Å². The van der Waals surface area contributed by atoms with Gasteiger partial charge in [-0.1, -0.05) is 31.5 Å². The number of carbonyl (C=O) groups is 2. The molecule has 1 aromatic heterocycles. The molecular weight excluding hydrogens is 490 g/mol. The van der Waals surface area contributed by atoms with Crippen LogP contribution in [0.4, 0.5) is 0 Å². The Morgan fingerprint density at radius 3 is 2.50 bits per heavy atom. The Kier molecular flexibility index (Phi) is 8.58. The maximum Gasteiger partial charge on any atom is 0.290 e. The third kappa shape index (κ3) is 5.19. The van der Waals surface area contributed by atoms with E-state index in [-0.39, 0.29) is 17.9 Å². The summed E-state index contributed by atoms with van der Waals surface area (Å²) in [6, 6.07) is 11.3. The van der Waals surface area contributed by atoms with E-state index in [0.717, 1.165) is 12.8 Å². The lowest BCUT2D eigenvalue weighted by atomic mass is 9.94. The van der Waals surface area contributed by atoms with Crippen molar-refractivity contribution in [1.29, 1.82) is 0 Å². The molecule has 2 aromatic carbocycles. The highest BCUT2D eigenvalue weighted by atomic mass is 16.5. The van der Waals surface area contributed by atoms with E-state index in [9.17, 15) is 14.7 Å². The van der Waals surface area contributed by atoms with Crippen molar-refractivity contribution >= 4 is 22.7 Å². The molecule has 1 amide bonds. The summed E-state index contributed by atoms with van der Waals surface area (Å²) in [4.78, 5) is 28.5. The number of aliphatic hydroxyl groups is 1. The van der Waals surface area contributed by atoms with Crippen LogP contribution in [0.25, 0.3) is 11.0 Å². The molecule has 0 aliphatic carbocycles. The topological polar surface area (TPSA) is 108 Å². The van der Waals surface area contributed by atoms with Gasteiger partial charge in [-0.25, -0.2) is 0 Å². The second kappa shape index (κ2) is 12.0. The number of methoxy groups -OCH3 is 3. The molecule has 0 saturated heterocycles. The lowest BCUT2D eigenvalue weighted by Gasteiger charge is -2.27. The smallest absolute Gasteiger partial charge is 0.290 e. The highest BCUT2D eigenvalue weighted by Crippen LogP contribution is 2.42. The minimum Gasteiger partial charge on any atom is -0.503 e. The van der Waals surface area contributed by atoms with Gasteiger partial charge in [0.25, 0.3) is 5.91 Å². The molecule has 1 N–H and O–H groups in total. The highest BCUT2D eigenvalue weighted by molar-refractivity contribution is 6.16. The quantitative estimate of drug-likeness (QED) is 0.239. The van der Waals surface area contributed by atoms with E-state index >= 15 is 0 Å². The average Bonchev–Trinajstić information content (AvgIpc) is 3.48. The maximum atomic E-state index is 13.8. The number of para-hydroxylation sites is 1. The van der Waals surface area contributed by atoms with Crippen LogP contribution in [0, 0.1) is 0 Å². The van der Waals surface area contributed by atoms with Crippen LogP contribution >= 0.6 is 0 Å². The molecule has 1 aliphatic rings. The Balaban J connectivity index is 1.76. The Bertz CT molecular complexity index is 1340. The minimum absolute atomic E-state index is 0.00549. The predicted molar refractivity (Wildman–Crippen MR) is 141 cm³/mol. The third-order valence-electron chi connectivity index (χ3n) is 6.51. The van der Waals surface area contributed by atoms with E-state index in [4.69, 9.17) is 23.4 Å². The highest BCUT2D eigenvalue weighted by Gasteiger charge is 2.44. The molecule has 2 heterocycles. The average molecular weight is 524 g/mol. The standard InChI is InChI=1S/C29H33NO8/c1-5-6-15-37-20-12-11-18(16-22(20)36-4)25-24(27(32)29(33)30(25)13-8-14-34-2)26(31)23-17-19-9-7-10-21(35-3)28(19)38-23/h7,9-12,16-17,25,32H,5-6,8,13-15H2,1-4H3. The van der Waals surface area contributed by atoms with Gasteiger partial charge < -0.3 is 33.4 Å². The van der Waals surface area contributed by atoms with E-state index in [1.54, 1.807) is 49.6 Å². The lowest BCUT2D eigenvalue weighted by molar-refractivity contribution is -0.129. The van der Waals surface area contributed by atoms with Crippen LogP contribution in [0.2, 0.25) is 0 Å². The first kappa shape index (κ1) is 27.1. The summed E-state index contributed by atoms with van der Waals surface area (Å²) in [7, 11) is 4.62. The van der Waals surface area contributed by atoms with Gasteiger partial charge in [-0.3, -0.25) is 9.59 Å². The van der Waals surface area contributed by atoms with Crippen LogP contribution in [-0.2, 0) is 9.53 Å². The van der Waals surface area contributed by atoms with Crippen molar-refractivity contribution in [2.24, 2.45) is 0 Å². The van der Waals surface area contributed by atoms with Crippen molar-refractivity contribution < 1.29 is 38.1 Å². The number of benzene rings is 2. The first-order valence-corrected chi connectivity index (χ1v) is 12.6. The first-order valence-electron chi connectivity index (χ1n) is 12.6. The molecule has 0 bridgehead atoms. The van der Waals surface area contributed by atoms with E-state index in [1.807, 2.05) is 0 Å². The molecule has 0 radical (unpaired) electrons. The SMILES string of the molecule is CCCCOc1ccc(C2C(C(=O)c3cc4cccc(OC)c4o3)=C(O)C(=O)N2CCCOC)cc1OC. The molecule has 1 unspecified atom stereocenters. The Morgan fingerprint density at radius 2 is 1.79 bits per heavy atom. The summed E-state index contributed by atoms with van der Waals surface area (Å²) in [5, 5.41) is 11.6. The van der Waals surface area contributed by atoms with Crippen molar-refractivity contribution in [3.63, 3.8) is 0 Å². The van der Waals surface area contributed by atoms with Gasteiger partial charge in [-0.15, -0.1) is 0 Å². The van der Waals surface area contributed by atoms with Crippen LogP contribution in [0.1, 0.15) is 48.3 Å². The van der Waals surface area contributed by atoms with Gasteiger partial charge in [0.2, 0.25) is 5.78 Å². The molecule has 202 valence electrons. The molecule has 0 saturated carbocycles. The summed E-state index contributed by atoms with van der Waals surface area (Å²) < 4.78 is 27.8. The second-order valence-corrected chi connectivity index (χ2v) is 8.94. The summed E-state index contributed by atoms with van der Waals surface area (Å²) in [5.74, 6) is -0.328. The molecule has 1 atom stereocenters. The van der Waals surface area contributed by atoms with Crippen LogP contribution in [-0.4, -0.2) is 62.8 Å². The number of amides is 1. The number of fused-ring (bicyclic) bond motifs is 1. The molecule has 0 fully saturated rings. The number of hydrogen-bond acceptors (Lipinski definition) is 8. The molecule has 3 aromatic rings. The van der Waals surface area contributed by atoms with Gasteiger partial charge in [-0.05, 0) is 42.7 Å². The first-order chi connectivity index (χ1) is 18.4. The summed E-state index contributed by atoms with van der Waals surface area (Å²) in [6.07, 6.45) is 2.40. The Hall–Kier alpha value is -3.98. The van der Waals surface area contributed by atoms with Gasteiger partial charge in [0.05, 0.1) is 32.4 Å². The van der Waals surface area contributed by atoms with Crippen LogP contribution < -0.4 is 14.2 Å². The van der Waals surface area contributed by atoms with E-state index in [2.05, 4.69) is 6.92 Å². The van der Waals surface area contributed by atoms with Gasteiger partial charge >= 0.3 is 0 Å². The third-order valence-corrected chi connectivity index (χ3v) is 6.51. The number of furan rings is 1. The number of carbonyl (C=O) groups excluding carboxylic acids is 2. The number of ether oxygens (including phenoxy) is 4. The normalized spacial score (nSPS) is 15.4. The van der Waals surface area contributed by atoms with Crippen LogP contribution in [0.15, 0.2) is 58.2 Å². The van der Waals surface area contributed by atoms with Crippen molar-refractivity contribution in [2.45, 2.75) is 32.2 Å². The van der Waals surface area contributed by atoms with E-state index in [0.29, 0.717) is 53.4 Å². The molecule has 4 rings (SSSR count). The fraction of sp³-hybridized carbons (Fsp3) is 0.379. The van der Waals surface area contributed by atoms with Gasteiger partial charge in [0.15, 0.2) is 34.4 Å². The summed E-state index contributed by atoms with van der Waals surface area (Å²) in [6.45, 7) is 3.30. The van der Waals surface area contributed by atoms with Gasteiger partial charge in [0, 0.05) is 25.6 Å². The number of aliphatic hydroxyl groups excluding tert-OH is 1. The molecule has 1 aliphatic heterocycles. The van der Waals surface area contributed by atoms with Crippen molar-refractivity contribution in [3.8, 4) is 17.2 Å². The minimum atomic E-state index is -0.861. The Labute approximate surface area is 221 Å². The number of Topliss-reactive ketones (excluding diaryl/α,β-unsaturated/α-hetero) is 1. The second-order valence-electron chi connectivity index (χ2n) is 8.94. The molecule has 9 nitrogen and oxygen atoms in total. The van der Waals surface area contributed by atoms with Crippen molar-refractivity contribution in [1.82, 2.24) is 4.90 Å². The molecule has 0 spiro atoms. The number of unbranched alkanes of at least 4 members (excludes halogenated alkanes) is 1. The zero-order valence-corrected chi connectivity index (χ0v) is 22.1. The zero-order chi connectivity index (χ0) is 27.2. The fourth-order valence-electron chi connectivity index (χ4n) is 4.58. The zero-order valence-electron chi connectivity index (χ0n) is 22.1. The fourth-order valence-corrected chi connectivity index (χ4v) is 4.58. The summed E-state index contributed by atoms with van der Waals surface area (Å²) >= 11 is 0. The number of nitrogens with zero attached hydrogens (tertiary/aromatic N) is 1. The number of hydrogen-bond donors (Lipinski definition) is 1. The number of rotatable bonds is 13. The monoisotopic (exact) mass is 523 g/mol.